The van der Waals surface area contributed by atoms with E-state index in [1.54, 1.807) is 6.07 Å². The summed E-state index contributed by atoms with van der Waals surface area (Å²) in [6.07, 6.45) is 3.13. The molecule has 1 aromatic carbocycles. The highest BCUT2D eigenvalue weighted by Gasteiger charge is 2.34. The van der Waals surface area contributed by atoms with E-state index < -0.39 is 11.7 Å². The van der Waals surface area contributed by atoms with E-state index in [1.165, 1.54) is 24.8 Å². The molecule has 1 aliphatic rings. The van der Waals surface area contributed by atoms with Crippen molar-refractivity contribution in [2.24, 2.45) is 0 Å². The molecule has 0 saturated heterocycles. The first kappa shape index (κ1) is 15.2. The molecule has 0 atom stereocenters. The molecular weight excluding hydrogens is 274 g/mol. The molecule has 0 aromatic heterocycles. The third kappa shape index (κ3) is 3.66. The normalized spacial score (nSPS) is 17.2. The summed E-state index contributed by atoms with van der Waals surface area (Å²) in [6, 6.07) is 5.73. The molecule has 0 unspecified atom stereocenters. The smallest absolute Gasteiger partial charge is 0.412 e. The van der Waals surface area contributed by atoms with Gasteiger partial charge in [-0.15, -0.1) is 0 Å². The van der Waals surface area contributed by atoms with Gasteiger partial charge < -0.3 is 4.74 Å². The fraction of sp³-hybridized carbons (Fsp3) is 0.562. The second-order valence-electron chi connectivity index (χ2n) is 6.77. The van der Waals surface area contributed by atoms with E-state index in [2.05, 4.69) is 12.2 Å². The van der Waals surface area contributed by atoms with Crippen molar-refractivity contribution >= 4 is 23.4 Å². The Bertz CT molecular complexity index is 516. The Morgan fingerprint density at radius 1 is 1.30 bits per heavy atom. The van der Waals surface area contributed by atoms with E-state index in [1.807, 2.05) is 32.9 Å². The largest absolute Gasteiger partial charge is 0.444 e. The molecule has 1 saturated carbocycles. The summed E-state index contributed by atoms with van der Waals surface area (Å²) in [4.78, 5) is 11.8. The highest BCUT2D eigenvalue weighted by molar-refractivity contribution is 6.31. The van der Waals surface area contributed by atoms with Crippen LogP contribution < -0.4 is 5.32 Å². The Balaban J connectivity index is 2.14. The second kappa shape index (κ2) is 5.28. The molecule has 1 aromatic rings. The van der Waals surface area contributed by atoms with E-state index in [4.69, 9.17) is 16.3 Å². The number of hydrogen-bond acceptors (Lipinski definition) is 2. The molecule has 1 N–H and O–H groups in total. The summed E-state index contributed by atoms with van der Waals surface area (Å²) in [7, 11) is 0. The van der Waals surface area contributed by atoms with Crippen LogP contribution in [0.2, 0.25) is 5.02 Å². The lowest BCUT2D eigenvalue weighted by atomic mass is 9.66. The quantitative estimate of drug-likeness (QED) is 0.821. The average molecular weight is 296 g/mol. The summed E-state index contributed by atoms with van der Waals surface area (Å²) >= 11 is 6.16. The van der Waals surface area contributed by atoms with Gasteiger partial charge in [-0.1, -0.05) is 24.9 Å². The van der Waals surface area contributed by atoms with Crippen molar-refractivity contribution in [3.05, 3.63) is 28.8 Å². The number of nitrogens with one attached hydrogen (secondary N) is 1. The number of halogens is 1. The SMILES string of the molecule is CC(C)(C)OC(=O)Nc1cc(Cl)cc(C2(C)CCC2)c1. The summed E-state index contributed by atoms with van der Waals surface area (Å²) in [5.74, 6) is 0. The molecule has 1 amide bonds. The number of carbonyl (C=O) groups is 1. The van der Waals surface area contributed by atoms with Crippen LogP contribution in [-0.4, -0.2) is 11.7 Å². The predicted octanol–water partition coefficient (Wildman–Crippen LogP) is 5.13. The van der Waals surface area contributed by atoms with Gasteiger partial charge in [-0.25, -0.2) is 4.79 Å². The molecule has 3 nitrogen and oxygen atoms in total. The molecule has 0 spiro atoms. The third-order valence-corrected chi connectivity index (χ3v) is 3.92. The monoisotopic (exact) mass is 295 g/mol. The van der Waals surface area contributed by atoms with Crippen LogP contribution in [0.1, 0.15) is 52.5 Å². The van der Waals surface area contributed by atoms with Crippen LogP contribution in [0, 0.1) is 0 Å². The van der Waals surface area contributed by atoms with Crippen LogP contribution in [-0.2, 0) is 10.2 Å². The first-order valence-corrected chi connectivity index (χ1v) is 7.37. The fourth-order valence-corrected chi connectivity index (χ4v) is 2.66. The van der Waals surface area contributed by atoms with Crippen molar-refractivity contribution in [1.29, 1.82) is 0 Å². The molecule has 1 aliphatic carbocycles. The molecule has 2 rings (SSSR count). The third-order valence-electron chi connectivity index (χ3n) is 3.70. The van der Waals surface area contributed by atoms with Crippen LogP contribution in [0.15, 0.2) is 18.2 Å². The van der Waals surface area contributed by atoms with Crippen LogP contribution in [0.25, 0.3) is 0 Å². The Morgan fingerprint density at radius 3 is 2.45 bits per heavy atom. The molecule has 0 bridgehead atoms. The lowest BCUT2D eigenvalue weighted by molar-refractivity contribution is 0.0636. The summed E-state index contributed by atoms with van der Waals surface area (Å²) in [5, 5.41) is 3.39. The minimum absolute atomic E-state index is 0.190. The first-order chi connectivity index (χ1) is 9.18. The number of benzene rings is 1. The number of ether oxygens (including phenoxy) is 1. The average Bonchev–Trinajstić information content (AvgIpc) is 2.21. The van der Waals surface area contributed by atoms with Crippen molar-refractivity contribution in [3.8, 4) is 0 Å². The van der Waals surface area contributed by atoms with Gasteiger partial charge >= 0.3 is 6.09 Å². The maximum Gasteiger partial charge on any atom is 0.412 e. The zero-order chi connectivity index (χ0) is 15.0. The van der Waals surface area contributed by atoms with Crippen molar-refractivity contribution in [2.75, 3.05) is 5.32 Å². The van der Waals surface area contributed by atoms with Crippen molar-refractivity contribution in [2.45, 2.75) is 58.0 Å². The highest BCUT2D eigenvalue weighted by atomic mass is 35.5. The van der Waals surface area contributed by atoms with Crippen LogP contribution in [0.5, 0.6) is 0 Å². The van der Waals surface area contributed by atoms with Crippen molar-refractivity contribution in [3.63, 3.8) is 0 Å². The number of amides is 1. The van der Waals surface area contributed by atoms with Gasteiger partial charge in [0.25, 0.3) is 0 Å². The Morgan fingerprint density at radius 2 is 1.95 bits per heavy atom. The molecule has 1 fully saturated rings. The predicted molar refractivity (Wildman–Crippen MR) is 82.5 cm³/mol. The van der Waals surface area contributed by atoms with Gasteiger partial charge in [0.05, 0.1) is 0 Å². The van der Waals surface area contributed by atoms with E-state index in [9.17, 15) is 4.79 Å². The Kier molecular flexibility index (Phi) is 4.01. The molecule has 110 valence electrons. The number of rotatable bonds is 2. The van der Waals surface area contributed by atoms with Crippen LogP contribution in [0.3, 0.4) is 0 Å². The number of hydrogen-bond donors (Lipinski definition) is 1. The fourth-order valence-electron chi connectivity index (χ4n) is 2.43. The zero-order valence-electron chi connectivity index (χ0n) is 12.5. The molecule has 0 aliphatic heterocycles. The lowest BCUT2D eigenvalue weighted by Gasteiger charge is -2.39. The molecule has 20 heavy (non-hydrogen) atoms. The summed E-state index contributed by atoms with van der Waals surface area (Å²) in [5.41, 5.74) is 1.55. The summed E-state index contributed by atoms with van der Waals surface area (Å²) in [6.45, 7) is 7.75. The van der Waals surface area contributed by atoms with E-state index in [0.29, 0.717) is 10.7 Å². The van der Waals surface area contributed by atoms with Gasteiger partial charge in [0.15, 0.2) is 0 Å². The van der Waals surface area contributed by atoms with Gasteiger partial charge in [-0.2, -0.15) is 0 Å². The maximum absolute atomic E-state index is 11.8. The molecule has 0 radical (unpaired) electrons. The van der Waals surface area contributed by atoms with Crippen molar-refractivity contribution in [1.82, 2.24) is 0 Å². The highest BCUT2D eigenvalue weighted by Crippen LogP contribution is 2.44. The maximum atomic E-state index is 11.8. The minimum atomic E-state index is -0.508. The lowest BCUT2D eigenvalue weighted by Crippen LogP contribution is -2.30. The number of carbonyl (C=O) groups excluding carboxylic acids is 1. The van der Waals surface area contributed by atoms with Crippen LogP contribution in [0.4, 0.5) is 10.5 Å². The second-order valence-corrected chi connectivity index (χ2v) is 7.21. The van der Waals surface area contributed by atoms with Gasteiger partial charge in [-0.3, -0.25) is 5.32 Å². The molecule has 4 heteroatoms. The van der Waals surface area contributed by atoms with Crippen molar-refractivity contribution < 1.29 is 9.53 Å². The Labute approximate surface area is 125 Å². The molecule has 0 heterocycles. The van der Waals surface area contributed by atoms with Gasteiger partial charge in [0, 0.05) is 10.7 Å². The Hall–Kier alpha value is -1.22. The van der Waals surface area contributed by atoms with E-state index in [-0.39, 0.29) is 5.41 Å². The van der Waals surface area contributed by atoms with Gasteiger partial charge in [-0.05, 0) is 62.8 Å². The number of anilines is 1. The molecular formula is C16H22ClNO2. The van der Waals surface area contributed by atoms with E-state index in [0.717, 1.165) is 0 Å². The standard InChI is InChI=1S/C16H22ClNO2/c1-15(2,3)20-14(19)18-13-9-11(8-12(17)10-13)16(4)6-5-7-16/h8-10H,5-7H2,1-4H3,(H,18,19). The summed E-state index contributed by atoms with van der Waals surface area (Å²) < 4.78 is 5.25. The minimum Gasteiger partial charge on any atom is -0.444 e. The van der Waals surface area contributed by atoms with Gasteiger partial charge in [0.1, 0.15) is 5.60 Å². The topological polar surface area (TPSA) is 38.3 Å². The van der Waals surface area contributed by atoms with Crippen LogP contribution >= 0.6 is 11.6 Å². The van der Waals surface area contributed by atoms with E-state index >= 15 is 0 Å². The first-order valence-electron chi connectivity index (χ1n) is 6.99. The zero-order valence-corrected chi connectivity index (χ0v) is 13.3. The van der Waals surface area contributed by atoms with Gasteiger partial charge in [0.2, 0.25) is 0 Å².